The first-order chi connectivity index (χ1) is 7.66. The number of hydrogen-bond acceptors (Lipinski definition) is 3. The molecule has 0 aromatic heterocycles. The van der Waals surface area contributed by atoms with Gasteiger partial charge in [-0.3, -0.25) is 0 Å². The minimum absolute atomic E-state index is 0.124. The van der Waals surface area contributed by atoms with Crippen molar-refractivity contribution in [2.24, 2.45) is 0 Å². The molecule has 0 bridgehead atoms. The standard InChI is InChI=1S/C13H18O3/c1-9-3-4-12(10(2)14)13(7-9)16-11-5-6-15-8-11/h3-4,7,10-11,14H,5-6,8H2,1-2H3/t10-,11?/m1/s1. The molecule has 2 atom stereocenters. The average molecular weight is 222 g/mol. The van der Waals surface area contributed by atoms with Crippen LogP contribution < -0.4 is 4.74 Å². The molecule has 0 amide bonds. The molecule has 1 unspecified atom stereocenters. The van der Waals surface area contributed by atoms with E-state index >= 15 is 0 Å². The number of hydrogen-bond donors (Lipinski definition) is 1. The molecule has 0 radical (unpaired) electrons. The maximum absolute atomic E-state index is 9.66. The van der Waals surface area contributed by atoms with Crippen molar-refractivity contribution in [1.82, 2.24) is 0 Å². The normalized spacial score (nSPS) is 22.1. The molecule has 1 aromatic carbocycles. The molecule has 1 aliphatic heterocycles. The van der Waals surface area contributed by atoms with Gasteiger partial charge in [0, 0.05) is 12.0 Å². The summed E-state index contributed by atoms with van der Waals surface area (Å²) in [4.78, 5) is 0. The molecule has 1 N–H and O–H groups in total. The lowest BCUT2D eigenvalue weighted by atomic mass is 10.1. The molecule has 0 saturated carbocycles. The second-order valence-electron chi connectivity index (χ2n) is 4.32. The molecular weight excluding hydrogens is 204 g/mol. The SMILES string of the molecule is Cc1ccc([C@@H](C)O)c(OC2CCOC2)c1. The Morgan fingerprint density at radius 3 is 2.94 bits per heavy atom. The Bertz CT molecular complexity index is 354. The lowest BCUT2D eigenvalue weighted by Gasteiger charge is -2.17. The highest BCUT2D eigenvalue weighted by molar-refractivity contribution is 5.38. The third-order valence-electron chi connectivity index (χ3n) is 2.80. The van der Waals surface area contributed by atoms with E-state index in [0.29, 0.717) is 6.61 Å². The average Bonchev–Trinajstić information content (AvgIpc) is 2.70. The van der Waals surface area contributed by atoms with Crippen LogP contribution in [0.25, 0.3) is 0 Å². The van der Waals surface area contributed by atoms with Crippen molar-refractivity contribution in [2.45, 2.75) is 32.5 Å². The summed E-state index contributed by atoms with van der Waals surface area (Å²) in [6, 6.07) is 5.88. The summed E-state index contributed by atoms with van der Waals surface area (Å²) >= 11 is 0. The lowest BCUT2D eigenvalue weighted by Crippen LogP contribution is -2.17. The Morgan fingerprint density at radius 1 is 1.50 bits per heavy atom. The molecule has 1 saturated heterocycles. The molecule has 88 valence electrons. The highest BCUT2D eigenvalue weighted by Gasteiger charge is 2.19. The van der Waals surface area contributed by atoms with Crippen molar-refractivity contribution in [3.8, 4) is 5.75 Å². The fourth-order valence-corrected chi connectivity index (χ4v) is 1.87. The van der Waals surface area contributed by atoms with Gasteiger partial charge in [0.2, 0.25) is 0 Å². The van der Waals surface area contributed by atoms with E-state index < -0.39 is 6.10 Å². The second-order valence-corrected chi connectivity index (χ2v) is 4.32. The molecule has 0 spiro atoms. The van der Waals surface area contributed by atoms with Gasteiger partial charge in [-0.25, -0.2) is 0 Å². The molecule has 16 heavy (non-hydrogen) atoms. The van der Waals surface area contributed by atoms with E-state index in [1.165, 1.54) is 0 Å². The Kier molecular flexibility index (Phi) is 3.46. The van der Waals surface area contributed by atoms with Crippen molar-refractivity contribution >= 4 is 0 Å². The first kappa shape index (κ1) is 11.4. The Morgan fingerprint density at radius 2 is 2.31 bits per heavy atom. The van der Waals surface area contributed by atoms with E-state index in [4.69, 9.17) is 9.47 Å². The summed E-state index contributed by atoms with van der Waals surface area (Å²) in [5, 5.41) is 9.66. The highest BCUT2D eigenvalue weighted by Crippen LogP contribution is 2.28. The van der Waals surface area contributed by atoms with Gasteiger partial charge in [-0.1, -0.05) is 12.1 Å². The van der Waals surface area contributed by atoms with Crippen LogP contribution in [0.5, 0.6) is 5.75 Å². The molecule has 1 heterocycles. The van der Waals surface area contributed by atoms with Crippen LogP contribution >= 0.6 is 0 Å². The first-order valence-electron chi connectivity index (χ1n) is 5.70. The molecule has 1 aliphatic rings. The summed E-state index contributed by atoms with van der Waals surface area (Å²) in [6.07, 6.45) is 0.546. The van der Waals surface area contributed by atoms with Crippen molar-refractivity contribution in [1.29, 1.82) is 0 Å². The predicted octanol–water partition coefficient (Wildman–Crippen LogP) is 2.22. The summed E-state index contributed by atoms with van der Waals surface area (Å²) in [5.41, 5.74) is 1.98. The molecule has 0 aliphatic carbocycles. The quantitative estimate of drug-likeness (QED) is 0.852. The Hall–Kier alpha value is -1.06. The number of benzene rings is 1. The summed E-state index contributed by atoms with van der Waals surface area (Å²) in [6.45, 7) is 5.18. The van der Waals surface area contributed by atoms with Gasteiger partial charge in [0.05, 0.1) is 19.3 Å². The zero-order chi connectivity index (χ0) is 11.5. The molecule has 1 fully saturated rings. The van der Waals surface area contributed by atoms with Crippen molar-refractivity contribution < 1.29 is 14.6 Å². The van der Waals surface area contributed by atoms with E-state index in [1.54, 1.807) is 6.92 Å². The smallest absolute Gasteiger partial charge is 0.125 e. The number of aryl methyl sites for hydroxylation is 1. The minimum Gasteiger partial charge on any atom is -0.488 e. The van der Waals surface area contributed by atoms with E-state index in [1.807, 2.05) is 25.1 Å². The minimum atomic E-state index is -0.502. The lowest BCUT2D eigenvalue weighted by molar-refractivity contribution is 0.135. The summed E-state index contributed by atoms with van der Waals surface area (Å²) < 4.78 is 11.1. The maximum atomic E-state index is 9.66. The molecule has 3 nitrogen and oxygen atoms in total. The third kappa shape index (κ3) is 2.54. The van der Waals surface area contributed by atoms with Crippen LogP contribution in [-0.4, -0.2) is 24.4 Å². The van der Waals surface area contributed by atoms with Gasteiger partial charge in [-0.05, 0) is 25.5 Å². The van der Waals surface area contributed by atoms with Crippen LogP contribution in [0.15, 0.2) is 18.2 Å². The van der Waals surface area contributed by atoms with Gasteiger partial charge in [0.15, 0.2) is 0 Å². The van der Waals surface area contributed by atoms with Crippen molar-refractivity contribution in [3.05, 3.63) is 29.3 Å². The van der Waals surface area contributed by atoms with Crippen LogP contribution in [0.2, 0.25) is 0 Å². The molecular formula is C13H18O3. The van der Waals surface area contributed by atoms with Crippen LogP contribution in [0.4, 0.5) is 0 Å². The van der Waals surface area contributed by atoms with Crippen LogP contribution in [0.3, 0.4) is 0 Å². The van der Waals surface area contributed by atoms with E-state index in [-0.39, 0.29) is 6.10 Å². The van der Waals surface area contributed by atoms with E-state index in [2.05, 4.69) is 0 Å². The predicted molar refractivity (Wildman–Crippen MR) is 61.7 cm³/mol. The number of ether oxygens (including phenoxy) is 2. The van der Waals surface area contributed by atoms with E-state index in [9.17, 15) is 5.11 Å². The second kappa shape index (κ2) is 4.85. The van der Waals surface area contributed by atoms with Crippen LogP contribution in [0, 0.1) is 6.92 Å². The fraction of sp³-hybridized carbons (Fsp3) is 0.538. The van der Waals surface area contributed by atoms with Gasteiger partial charge in [-0.2, -0.15) is 0 Å². The van der Waals surface area contributed by atoms with Gasteiger partial charge < -0.3 is 14.6 Å². The third-order valence-corrected chi connectivity index (χ3v) is 2.80. The zero-order valence-corrected chi connectivity index (χ0v) is 9.77. The molecule has 1 aromatic rings. The van der Waals surface area contributed by atoms with Crippen LogP contribution in [-0.2, 0) is 4.74 Å². The van der Waals surface area contributed by atoms with Gasteiger partial charge in [0.1, 0.15) is 11.9 Å². The molecule has 2 rings (SSSR count). The highest BCUT2D eigenvalue weighted by atomic mass is 16.5. The number of aliphatic hydroxyl groups is 1. The van der Waals surface area contributed by atoms with Crippen molar-refractivity contribution in [2.75, 3.05) is 13.2 Å². The van der Waals surface area contributed by atoms with Crippen molar-refractivity contribution in [3.63, 3.8) is 0 Å². The fourth-order valence-electron chi connectivity index (χ4n) is 1.87. The molecule has 3 heteroatoms. The zero-order valence-electron chi connectivity index (χ0n) is 9.77. The van der Waals surface area contributed by atoms with Gasteiger partial charge in [0.25, 0.3) is 0 Å². The monoisotopic (exact) mass is 222 g/mol. The maximum Gasteiger partial charge on any atom is 0.125 e. The van der Waals surface area contributed by atoms with E-state index in [0.717, 1.165) is 29.9 Å². The summed E-state index contributed by atoms with van der Waals surface area (Å²) in [5.74, 6) is 0.783. The topological polar surface area (TPSA) is 38.7 Å². The Labute approximate surface area is 96.0 Å². The Balaban J connectivity index is 2.19. The van der Waals surface area contributed by atoms with Crippen LogP contribution in [0.1, 0.15) is 30.6 Å². The summed E-state index contributed by atoms with van der Waals surface area (Å²) in [7, 11) is 0. The number of aliphatic hydroxyl groups excluding tert-OH is 1. The first-order valence-corrected chi connectivity index (χ1v) is 5.70. The number of rotatable bonds is 3. The van der Waals surface area contributed by atoms with Gasteiger partial charge in [-0.15, -0.1) is 0 Å². The van der Waals surface area contributed by atoms with Gasteiger partial charge >= 0.3 is 0 Å². The largest absolute Gasteiger partial charge is 0.488 e.